The van der Waals surface area contributed by atoms with E-state index in [9.17, 15) is 0 Å². The Morgan fingerprint density at radius 2 is 1.21 bits per heavy atom. The summed E-state index contributed by atoms with van der Waals surface area (Å²) < 4.78 is 0. The Hall–Kier alpha value is -0.120. The molecule has 0 aromatic rings. The number of hydrogen-bond donors (Lipinski definition) is 0. The van der Waals surface area contributed by atoms with Crippen molar-refractivity contribution in [2.45, 2.75) is 39.5 Å². The first-order chi connectivity index (χ1) is 6.70. The summed E-state index contributed by atoms with van der Waals surface area (Å²) >= 11 is 11.2. The van der Waals surface area contributed by atoms with Gasteiger partial charge in [-0.1, -0.05) is 11.5 Å². The topological polar surface area (TPSA) is 0 Å². The number of hydrogen-bond acceptors (Lipinski definition) is 0. The van der Waals surface area contributed by atoms with E-state index in [-0.39, 0.29) is 0 Å². The molecule has 0 saturated heterocycles. The molecule has 0 N–H and O–H groups in total. The van der Waals surface area contributed by atoms with Crippen LogP contribution in [0.25, 0.3) is 0 Å². The van der Waals surface area contributed by atoms with E-state index in [1.807, 2.05) is 0 Å². The van der Waals surface area contributed by atoms with Gasteiger partial charge in [-0.3, -0.25) is 0 Å². The van der Waals surface area contributed by atoms with E-state index in [2.05, 4.69) is 25.3 Å². The predicted octanol–water partition coefficient (Wildman–Crippen LogP) is 4.67. The lowest BCUT2D eigenvalue weighted by Crippen LogP contribution is -1.78. The van der Waals surface area contributed by atoms with Crippen molar-refractivity contribution in [1.29, 1.82) is 0 Å². The largest absolute Gasteiger partial charge is 0.127 e. The van der Waals surface area contributed by atoms with Crippen molar-refractivity contribution in [2.24, 2.45) is 0 Å². The molecule has 0 radical (unpaired) electrons. The fourth-order valence-electron chi connectivity index (χ4n) is 1.00. The Bertz CT molecular complexity index is 215. The highest BCUT2D eigenvalue weighted by Crippen LogP contribution is 2.05. The minimum atomic E-state index is 0.716. The van der Waals surface area contributed by atoms with Gasteiger partial charge in [0.2, 0.25) is 0 Å². The Morgan fingerprint density at radius 3 is 1.50 bits per heavy atom. The summed E-state index contributed by atoms with van der Waals surface area (Å²) in [6.45, 7) is 4.13. The first kappa shape index (κ1) is 13.9. The zero-order valence-electron chi connectivity index (χ0n) is 9.00. The van der Waals surface area contributed by atoms with Crippen molar-refractivity contribution in [2.75, 3.05) is 11.8 Å². The Balaban J connectivity index is 4.18. The van der Waals surface area contributed by atoms with Crippen LogP contribution in [-0.2, 0) is 0 Å². The Kier molecular flexibility index (Phi) is 9.35. The quantitative estimate of drug-likeness (QED) is 0.462. The lowest BCUT2D eigenvalue weighted by molar-refractivity contribution is 0.908. The zero-order chi connectivity index (χ0) is 10.8. The summed E-state index contributed by atoms with van der Waals surface area (Å²) in [5.41, 5.74) is 8.74. The number of alkyl halides is 2. The summed E-state index contributed by atoms with van der Waals surface area (Å²) in [6, 6.07) is 0. The molecule has 80 valence electrons. The van der Waals surface area contributed by atoms with Gasteiger partial charge in [0.25, 0.3) is 0 Å². The summed E-state index contributed by atoms with van der Waals surface area (Å²) in [6.07, 6.45) is 4.06. The molecule has 0 aliphatic heterocycles. The molecule has 0 rings (SSSR count). The van der Waals surface area contributed by atoms with Crippen LogP contribution in [0.5, 0.6) is 0 Å². The Morgan fingerprint density at radius 1 is 0.857 bits per heavy atom. The average molecular weight is 233 g/mol. The molecule has 0 aliphatic carbocycles. The summed E-state index contributed by atoms with van der Waals surface area (Å²) in [5.74, 6) is 1.43. The van der Waals surface area contributed by atoms with Gasteiger partial charge in [0.1, 0.15) is 0 Å². The minimum Gasteiger partial charge on any atom is -0.127 e. The lowest BCUT2D eigenvalue weighted by Gasteiger charge is -1.93. The molecule has 2 heteroatoms. The third kappa shape index (κ3) is 8.48. The van der Waals surface area contributed by atoms with Crippen LogP contribution in [0, 0.1) is 0 Å². The van der Waals surface area contributed by atoms with Crippen LogP contribution in [0.15, 0.2) is 22.6 Å². The fraction of sp³-hybridized carbons (Fsp3) is 0.667. The summed E-state index contributed by atoms with van der Waals surface area (Å²) in [5, 5.41) is 0. The van der Waals surface area contributed by atoms with E-state index in [1.165, 1.54) is 11.1 Å². The zero-order valence-corrected chi connectivity index (χ0v) is 10.5. The first-order valence-electron chi connectivity index (χ1n) is 4.99. The van der Waals surface area contributed by atoms with Gasteiger partial charge in [0.05, 0.1) is 0 Å². The molecule has 0 aromatic carbocycles. The van der Waals surface area contributed by atoms with E-state index in [1.54, 1.807) is 0 Å². The van der Waals surface area contributed by atoms with Gasteiger partial charge in [0.15, 0.2) is 0 Å². The average Bonchev–Trinajstić information content (AvgIpc) is 2.20. The molecular weight excluding hydrogens is 215 g/mol. The second kappa shape index (κ2) is 9.44. The molecule has 0 aliphatic rings. The number of rotatable bonds is 6. The lowest BCUT2D eigenvalue weighted by atomic mass is 10.1. The maximum Gasteiger partial charge on any atom is 0.0226 e. The van der Waals surface area contributed by atoms with Crippen LogP contribution in [0.4, 0.5) is 0 Å². The monoisotopic (exact) mass is 232 g/mol. The smallest absolute Gasteiger partial charge is 0.0226 e. The molecule has 0 nitrogen and oxygen atoms in total. The molecule has 0 amide bonds. The highest BCUT2D eigenvalue weighted by molar-refractivity contribution is 6.18. The molecule has 0 atom stereocenters. The van der Waals surface area contributed by atoms with Gasteiger partial charge in [-0.15, -0.1) is 23.2 Å². The van der Waals surface area contributed by atoms with Crippen molar-refractivity contribution < 1.29 is 0 Å². The van der Waals surface area contributed by atoms with Crippen LogP contribution in [0.2, 0.25) is 0 Å². The second-order valence-electron chi connectivity index (χ2n) is 3.40. The van der Waals surface area contributed by atoms with Gasteiger partial charge in [-0.2, -0.15) is 0 Å². The highest BCUT2D eigenvalue weighted by Gasteiger charge is 1.88. The van der Waals surface area contributed by atoms with Gasteiger partial charge in [-0.05, 0) is 50.7 Å². The molecule has 0 heterocycles. The van der Waals surface area contributed by atoms with E-state index in [0.29, 0.717) is 11.8 Å². The number of allylic oxidation sites excluding steroid dienone is 2. The predicted molar refractivity (Wildman–Crippen MR) is 65.3 cm³/mol. The molecule has 0 unspecified atom stereocenters. The van der Waals surface area contributed by atoms with Crippen LogP contribution in [0.3, 0.4) is 0 Å². The fourth-order valence-corrected chi connectivity index (χ4v) is 1.27. The van der Waals surface area contributed by atoms with Crippen LogP contribution >= 0.6 is 23.2 Å². The number of halogens is 2. The molecule has 0 fully saturated rings. The minimum absolute atomic E-state index is 0.716. The SMILES string of the molecule is CC(=C=C=C(C)CCCCl)CCCCl. The van der Waals surface area contributed by atoms with Crippen LogP contribution in [0.1, 0.15) is 39.5 Å². The molecule has 14 heavy (non-hydrogen) atoms. The van der Waals surface area contributed by atoms with Crippen LogP contribution in [-0.4, -0.2) is 11.8 Å². The normalized spacial score (nSPS) is 9.14. The summed E-state index contributed by atoms with van der Waals surface area (Å²) in [4.78, 5) is 0. The first-order valence-corrected chi connectivity index (χ1v) is 6.06. The molecule has 0 bridgehead atoms. The van der Waals surface area contributed by atoms with Crippen LogP contribution < -0.4 is 0 Å². The van der Waals surface area contributed by atoms with E-state index in [0.717, 1.165) is 25.7 Å². The standard InChI is InChI=1S/C12H18Cl2/c1-11(5-3-9-13)7-8-12(2)6-4-10-14/h3-6,9-10H2,1-2H3. The third-order valence-electron chi connectivity index (χ3n) is 1.86. The molecular formula is C12H18Cl2. The van der Waals surface area contributed by atoms with Crippen molar-refractivity contribution in [3.8, 4) is 0 Å². The van der Waals surface area contributed by atoms with Crippen molar-refractivity contribution in [3.63, 3.8) is 0 Å². The van der Waals surface area contributed by atoms with Crippen molar-refractivity contribution >= 4 is 23.2 Å². The second-order valence-corrected chi connectivity index (χ2v) is 4.15. The third-order valence-corrected chi connectivity index (χ3v) is 2.39. The van der Waals surface area contributed by atoms with E-state index >= 15 is 0 Å². The van der Waals surface area contributed by atoms with Crippen molar-refractivity contribution in [3.05, 3.63) is 22.6 Å². The maximum atomic E-state index is 5.60. The maximum absolute atomic E-state index is 5.60. The van der Waals surface area contributed by atoms with E-state index < -0.39 is 0 Å². The van der Waals surface area contributed by atoms with Gasteiger partial charge in [-0.25, -0.2) is 0 Å². The van der Waals surface area contributed by atoms with Gasteiger partial charge >= 0.3 is 0 Å². The molecule has 0 saturated carbocycles. The van der Waals surface area contributed by atoms with Gasteiger partial charge in [0, 0.05) is 11.8 Å². The van der Waals surface area contributed by atoms with E-state index in [4.69, 9.17) is 23.2 Å². The highest BCUT2D eigenvalue weighted by atomic mass is 35.5. The molecule has 0 spiro atoms. The van der Waals surface area contributed by atoms with Gasteiger partial charge < -0.3 is 0 Å². The summed E-state index contributed by atoms with van der Waals surface area (Å²) in [7, 11) is 0. The van der Waals surface area contributed by atoms with Crippen molar-refractivity contribution in [1.82, 2.24) is 0 Å². The Labute approximate surface area is 97.3 Å². The molecule has 0 aromatic heterocycles.